The first-order chi connectivity index (χ1) is 12.7. The molecule has 1 heterocycles. The van der Waals surface area contributed by atoms with Crippen LogP contribution >= 0.6 is 11.3 Å². The van der Waals surface area contributed by atoms with E-state index in [0.29, 0.717) is 17.6 Å². The summed E-state index contributed by atoms with van der Waals surface area (Å²) in [5.41, 5.74) is 1.34. The predicted octanol–water partition coefficient (Wildman–Crippen LogP) is 4.60. The molecule has 0 bridgehead atoms. The maximum absolute atomic E-state index is 12.3. The topological polar surface area (TPSA) is 45.2 Å². The van der Waals surface area contributed by atoms with Crippen LogP contribution in [0.4, 0.5) is 5.13 Å². The molecule has 5 heteroatoms. The zero-order chi connectivity index (χ0) is 17.9. The molecule has 4 rings (SSSR count). The van der Waals surface area contributed by atoms with Crippen molar-refractivity contribution in [2.75, 3.05) is 11.9 Å². The van der Waals surface area contributed by atoms with E-state index in [1.54, 1.807) is 6.20 Å². The monoisotopic (exact) mass is 365 g/mol. The van der Waals surface area contributed by atoms with Crippen molar-refractivity contribution < 1.29 is 4.79 Å². The molecule has 0 unspecified atom stereocenters. The lowest BCUT2D eigenvalue weighted by Crippen LogP contribution is -2.29. The number of aromatic nitrogens is 1. The van der Waals surface area contributed by atoms with Crippen molar-refractivity contribution in [2.24, 2.45) is 0 Å². The van der Waals surface area contributed by atoms with Crippen molar-refractivity contribution >= 4 is 33.1 Å². The van der Waals surface area contributed by atoms with E-state index in [1.807, 2.05) is 6.92 Å². The number of hydrogen-bond donors (Lipinski definition) is 1. The number of anilines is 1. The van der Waals surface area contributed by atoms with Gasteiger partial charge in [0.1, 0.15) is 0 Å². The molecular formula is C21H23N3OS. The normalized spacial score (nSPS) is 14.1. The molecule has 0 saturated heterocycles. The number of thiazole rings is 1. The summed E-state index contributed by atoms with van der Waals surface area (Å²) in [6.07, 6.45) is 4.76. The number of nitrogens with zero attached hydrogens (tertiary/aromatic N) is 2. The smallest absolute Gasteiger partial charge is 0.227 e. The van der Waals surface area contributed by atoms with Crippen LogP contribution in [0, 0.1) is 6.92 Å². The number of carbonyl (C=O) groups excluding carboxylic acids is 1. The Hall–Kier alpha value is -2.24. The van der Waals surface area contributed by atoms with Gasteiger partial charge in [-0.2, -0.15) is 0 Å². The van der Waals surface area contributed by atoms with Crippen molar-refractivity contribution in [1.29, 1.82) is 0 Å². The molecule has 4 nitrogen and oxygen atoms in total. The van der Waals surface area contributed by atoms with Crippen LogP contribution in [0.15, 0.2) is 48.7 Å². The molecule has 3 aromatic rings. The molecule has 1 amide bonds. The van der Waals surface area contributed by atoms with Crippen molar-refractivity contribution in [3.8, 4) is 0 Å². The van der Waals surface area contributed by atoms with Crippen LogP contribution in [0.5, 0.6) is 0 Å². The molecule has 0 aliphatic heterocycles. The van der Waals surface area contributed by atoms with E-state index in [9.17, 15) is 4.79 Å². The highest BCUT2D eigenvalue weighted by Crippen LogP contribution is 2.30. The SMILES string of the molecule is Cc1cnc(NC(=O)CCN(Cc2cccc3ccccc23)C2CC2)s1. The Balaban J connectivity index is 1.41. The number of rotatable bonds is 7. The summed E-state index contributed by atoms with van der Waals surface area (Å²) in [7, 11) is 0. The van der Waals surface area contributed by atoms with E-state index in [4.69, 9.17) is 0 Å². The molecule has 0 radical (unpaired) electrons. The molecule has 1 aliphatic rings. The molecule has 0 spiro atoms. The van der Waals surface area contributed by atoms with Gasteiger partial charge in [-0.1, -0.05) is 42.5 Å². The molecule has 1 fully saturated rings. The van der Waals surface area contributed by atoms with Gasteiger partial charge in [-0.25, -0.2) is 4.98 Å². The number of aryl methyl sites for hydroxylation is 1. The van der Waals surface area contributed by atoms with E-state index in [-0.39, 0.29) is 5.91 Å². The largest absolute Gasteiger partial charge is 0.302 e. The molecular weight excluding hydrogens is 342 g/mol. The van der Waals surface area contributed by atoms with Crippen LogP contribution in [-0.2, 0) is 11.3 Å². The molecule has 1 N–H and O–H groups in total. The Kier molecular flexibility index (Phi) is 5.00. The molecule has 1 aliphatic carbocycles. The summed E-state index contributed by atoms with van der Waals surface area (Å²) < 4.78 is 0. The lowest BCUT2D eigenvalue weighted by Gasteiger charge is -2.22. The Bertz CT molecular complexity index is 911. The number of fused-ring (bicyclic) bond motifs is 1. The van der Waals surface area contributed by atoms with Crippen LogP contribution in [0.25, 0.3) is 10.8 Å². The summed E-state index contributed by atoms with van der Waals surface area (Å²) >= 11 is 1.52. The van der Waals surface area contributed by atoms with Crippen LogP contribution in [0.2, 0.25) is 0 Å². The first kappa shape index (κ1) is 17.2. The fourth-order valence-electron chi connectivity index (χ4n) is 3.32. The third-order valence-electron chi connectivity index (χ3n) is 4.81. The quantitative estimate of drug-likeness (QED) is 0.666. The van der Waals surface area contributed by atoms with Gasteiger partial charge in [0, 0.05) is 36.6 Å². The standard InChI is InChI=1S/C21H23N3OS/c1-15-13-22-21(26-15)23-20(25)11-12-24(18-9-10-18)14-17-7-4-6-16-5-2-3-8-19(16)17/h2-8,13,18H,9-12,14H2,1H3,(H,22,23,25). The van der Waals surface area contributed by atoms with Gasteiger partial charge in [-0.3, -0.25) is 9.69 Å². The number of carbonyl (C=O) groups is 1. The lowest BCUT2D eigenvalue weighted by molar-refractivity contribution is -0.116. The van der Waals surface area contributed by atoms with E-state index < -0.39 is 0 Å². The number of amides is 1. The highest BCUT2D eigenvalue weighted by Gasteiger charge is 2.29. The van der Waals surface area contributed by atoms with E-state index in [1.165, 1.54) is 40.5 Å². The second-order valence-electron chi connectivity index (χ2n) is 6.91. The second-order valence-corrected chi connectivity index (χ2v) is 8.15. The Labute approximate surface area is 157 Å². The first-order valence-electron chi connectivity index (χ1n) is 9.12. The van der Waals surface area contributed by atoms with Gasteiger partial charge in [-0.15, -0.1) is 11.3 Å². The van der Waals surface area contributed by atoms with Gasteiger partial charge in [0.2, 0.25) is 5.91 Å². The number of hydrogen-bond acceptors (Lipinski definition) is 4. The Morgan fingerprint density at radius 3 is 2.81 bits per heavy atom. The van der Waals surface area contributed by atoms with Crippen LogP contribution in [0.3, 0.4) is 0 Å². The average molecular weight is 366 g/mol. The molecule has 1 saturated carbocycles. The summed E-state index contributed by atoms with van der Waals surface area (Å²) in [6.45, 7) is 3.67. The molecule has 134 valence electrons. The van der Waals surface area contributed by atoms with E-state index >= 15 is 0 Å². The summed E-state index contributed by atoms with van der Waals surface area (Å²) in [5.74, 6) is 0.0444. The second kappa shape index (κ2) is 7.56. The van der Waals surface area contributed by atoms with Crippen molar-refractivity contribution in [1.82, 2.24) is 9.88 Å². The Morgan fingerprint density at radius 1 is 1.23 bits per heavy atom. The summed E-state index contributed by atoms with van der Waals surface area (Å²) in [4.78, 5) is 20.0. The Morgan fingerprint density at radius 2 is 2.04 bits per heavy atom. The maximum atomic E-state index is 12.3. The van der Waals surface area contributed by atoms with Crippen LogP contribution in [-0.4, -0.2) is 28.4 Å². The van der Waals surface area contributed by atoms with E-state index in [2.05, 4.69) is 57.7 Å². The van der Waals surface area contributed by atoms with Gasteiger partial charge in [0.15, 0.2) is 5.13 Å². The highest BCUT2D eigenvalue weighted by molar-refractivity contribution is 7.15. The zero-order valence-corrected chi connectivity index (χ0v) is 15.8. The van der Waals surface area contributed by atoms with Gasteiger partial charge < -0.3 is 5.32 Å². The van der Waals surface area contributed by atoms with Gasteiger partial charge >= 0.3 is 0 Å². The number of nitrogens with one attached hydrogen (secondary N) is 1. The maximum Gasteiger partial charge on any atom is 0.227 e. The minimum atomic E-state index is 0.0444. The third-order valence-corrected chi connectivity index (χ3v) is 5.64. The summed E-state index contributed by atoms with van der Waals surface area (Å²) in [5, 5.41) is 6.19. The lowest BCUT2D eigenvalue weighted by atomic mass is 10.0. The zero-order valence-electron chi connectivity index (χ0n) is 14.9. The van der Waals surface area contributed by atoms with Crippen molar-refractivity contribution in [3.05, 3.63) is 59.1 Å². The molecule has 1 aromatic heterocycles. The fourth-order valence-corrected chi connectivity index (χ4v) is 4.00. The van der Waals surface area contributed by atoms with Gasteiger partial charge in [0.05, 0.1) is 0 Å². The van der Waals surface area contributed by atoms with Gasteiger partial charge in [0.25, 0.3) is 0 Å². The van der Waals surface area contributed by atoms with Crippen molar-refractivity contribution in [3.63, 3.8) is 0 Å². The molecule has 0 atom stereocenters. The average Bonchev–Trinajstić information content (AvgIpc) is 3.41. The molecule has 2 aromatic carbocycles. The summed E-state index contributed by atoms with van der Waals surface area (Å²) in [6, 6.07) is 15.6. The number of benzene rings is 2. The van der Waals surface area contributed by atoms with Gasteiger partial charge in [-0.05, 0) is 36.1 Å². The minimum Gasteiger partial charge on any atom is -0.302 e. The third kappa shape index (κ3) is 4.11. The van der Waals surface area contributed by atoms with E-state index in [0.717, 1.165) is 18.0 Å². The van der Waals surface area contributed by atoms with Crippen molar-refractivity contribution in [2.45, 2.75) is 38.8 Å². The highest BCUT2D eigenvalue weighted by atomic mass is 32.1. The van der Waals surface area contributed by atoms with Crippen LogP contribution < -0.4 is 5.32 Å². The first-order valence-corrected chi connectivity index (χ1v) is 9.93. The molecule has 26 heavy (non-hydrogen) atoms. The van der Waals surface area contributed by atoms with Crippen LogP contribution in [0.1, 0.15) is 29.7 Å². The fraction of sp³-hybridized carbons (Fsp3) is 0.333. The minimum absolute atomic E-state index is 0.0444. The predicted molar refractivity (Wildman–Crippen MR) is 107 cm³/mol.